The van der Waals surface area contributed by atoms with Gasteiger partial charge in [-0.2, -0.15) is 11.8 Å². The molecular weight excluding hydrogens is 511 g/mol. The SMILES string of the molecule is CN=C(NCc1cccc(OCC(=O)N(C)C)c1)N1CCSC2(CCCCC2)C1.I. The van der Waals surface area contributed by atoms with Gasteiger partial charge < -0.3 is 19.9 Å². The van der Waals surface area contributed by atoms with E-state index in [-0.39, 0.29) is 36.5 Å². The van der Waals surface area contributed by atoms with Gasteiger partial charge in [-0.05, 0) is 30.5 Å². The third-order valence-electron chi connectivity index (χ3n) is 5.73. The third kappa shape index (κ3) is 6.93. The van der Waals surface area contributed by atoms with E-state index in [2.05, 4.69) is 33.0 Å². The number of aliphatic imine (C=N–C) groups is 1. The number of halogens is 1. The van der Waals surface area contributed by atoms with Gasteiger partial charge in [0.1, 0.15) is 5.75 Å². The summed E-state index contributed by atoms with van der Waals surface area (Å²) in [5, 5.41) is 3.52. The first kappa shape index (κ1) is 25.1. The largest absolute Gasteiger partial charge is 0.484 e. The number of carbonyl (C=O) groups excluding carboxylic acids is 1. The molecular formula is C22H35IN4O2S. The van der Waals surface area contributed by atoms with Crippen molar-refractivity contribution in [1.29, 1.82) is 0 Å². The van der Waals surface area contributed by atoms with E-state index in [1.807, 2.05) is 25.2 Å². The van der Waals surface area contributed by atoms with Crippen molar-refractivity contribution >= 4 is 47.6 Å². The molecule has 1 spiro atoms. The van der Waals surface area contributed by atoms with Crippen molar-refractivity contribution in [3.05, 3.63) is 29.8 Å². The van der Waals surface area contributed by atoms with Gasteiger partial charge in [0, 0.05) is 51.3 Å². The first-order chi connectivity index (χ1) is 14.0. The average Bonchev–Trinajstić information content (AvgIpc) is 2.73. The summed E-state index contributed by atoms with van der Waals surface area (Å²) in [7, 11) is 5.33. The maximum Gasteiger partial charge on any atom is 0.259 e. The lowest BCUT2D eigenvalue weighted by molar-refractivity contribution is -0.130. The monoisotopic (exact) mass is 546 g/mol. The number of amides is 1. The van der Waals surface area contributed by atoms with Crippen LogP contribution in [0.4, 0.5) is 0 Å². The molecule has 1 saturated carbocycles. The Balaban J connectivity index is 0.00000320. The summed E-state index contributed by atoms with van der Waals surface area (Å²) in [5.74, 6) is 2.81. The Hall–Kier alpha value is -1.16. The highest BCUT2D eigenvalue weighted by molar-refractivity contribution is 14.0. The van der Waals surface area contributed by atoms with Crippen molar-refractivity contribution in [2.75, 3.05) is 46.6 Å². The van der Waals surface area contributed by atoms with E-state index < -0.39 is 0 Å². The normalized spacial score (nSPS) is 18.5. The fraction of sp³-hybridized carbons (Fsp3) is 0.636. The molecule has 1 aliphatic heterocycles. The molecule has 1 N–H and O–H groups in total. The summed E-state index contributed by atoms with van der Waals surface area (Å²) < 4.78 is 6.05. The molecule has 2 fully saturated rings. The number of carbonyl (C=O) groups is 1. The standard InChI is InChI=1S/C22H34N4O2S.HI/c1-23-21(26-12-13-29-22(17-26)10-5-4-6-11-22)24-15-18-8-7-9-19(14-18)28-16-20(27)25(2)3;/h7-9,14H,4-6,10-13,15-17H2,1-3H3,(H,23,24);1H. The molecule has 0 bridgehead atoms. The molecule has 2 aliphatic rings. The summed E-state index contributed by atoms with van der Waals surface area (Å²) in [6.45, 7) is 2.87. The number of guanidine groups is 1. The number of nitrogens with zero attached hydrogens (tertiary/aromatic N) is 3. The van der Waals surface area contributed by atoms with E-state index in [4.69, 9.17) is 4.74 Å². The molecule has 168 valence electrons. The first-order valence-electron chi connectivity index (χ1n) is 10.5. The number of benzene rings is 1. The minimum absolute atomic E-state index is 0. The maximum absolute atomic E-state index is 11.7. The zero-order valence-electron chi connectivity index (χ0n) is 18.4. The van der Waals surface area contributed by atoms with Gasteiger partial charge in [0.25, 0.3) is 5.91 Å². The smallest absolute Gasteiger partial charge is 0.259 e. The molecule has 8 heteroatoms. The van der Waals surface area contributed by atoms with Gasteiger partial charge in [-0.25, -0.2) is 0 Å². The Morgan fingerprint density at radius 3 is 2.77 bits per heavy atom. The van der Waals surface area contributed by atoms with E-state index in [1.54, 1.807) is 14.1 Å². The number of nitrogens with one attached hydrogen (secondary N) is 1. The Labute approximate surface area is 202 Å². The quantitative estimate of drug-likeness (QED) is 0.348. The van der Waals surface area contributed by atoms with Crippen LogP contribution in [-0.4, -0.2) is 73.0 Å². The molecule has 1 aromatic carbocycles. The van der Waals surface area contributed by atoms with Crippen LogP contribution < -0.4 is 10.1 Å². The fourth-order valence-electron chi connectivity index (χ4n) is 4.06. The Morgan fingerprint density at radius 2 is 2.07 bits per heavy atom. The number of hydrogen-bond acceptors (Lipinski definition) is 4. The van der Waals surface area contributed by atoms with Crippen LogP contribution in [0, 0.1) is 0 Å². The highest BCUT2D eigenvalue weighted by atomic mass is 127. The van der Waals surface area contributed by atoms with Crippen LogP contribution in [0.1, 0.15) is 37.7 Å². The van der Waals surface area contributed by atoms with Gasteiger partial charge in [-0.15, -0.1) is 24.0 Å². The molecule has 1 aromatic rings. The van der Waals surface area contributed by atoms with Gasteiger partial charge in [-0.3, -0.25) is 9.79 Å². The lowest BCUT2D eigenvalue weighted by Crippen LogP contribution is -2.53. The summed E-state index contributed by atoms with van der Waals surface area (Å²) in [5.41, 5.74) is 1.11. The molecule has 0 atom stereocenters. The molecule has 0 aromatic heterocycles. The second-order valence-corrected chi connectivity index (χ2v) is 9.70. The van der Waals surface area contributed by atoms with Crippen LogP contribution in [0.25, 0.3) is 0 Å². The molecule has 1 amide bonds. The van der Waals surface area contributed by atoms with Crippen molar-refractivity contribution in [2.24, 2.45) is 4.99 Å². The second-order valence-electron chi connectivity index (χ2n) is 8.14. The molecule has 30 heavy (non-hydrogen) atoms. The fourth-order valence-corrected chi connectivity index (χ4v) is 5.63. The van der Waals surface area contributed by atoms with Crippen LogP contribution >= 0.6 is 35.7 Å². The van der Waals surface area contributed by atoms with Gasteiger partial charge >= 0.3 is 0 Å². The summed E-state index contributed by atoms with van der Waals surface area (Å²) in [4.78, 5) is 20.2. The highest BCUT2D eigenvalue weighted by Gasteiger charge is 2.38. The van der Waals surface area contributed by atoms with Crippen molar-refractivity contribution in [1.82, 2.24) is 15.1 Å². The van der Waals surface area contributed by atoms with Crippen LogP contribution in [-0.2, 0) is 11.3 Å². The molecule has 1 heterocycles. The van der Waals surface area contributed by atoms with Crippen LogP contribution in [0.15, 0.2) is 29.3 Å². The maximum atomic E-state index is 11.7. The number of hydrogen-bond donors (Lipinski definition) is 1. The molecule has 1 saturated heterocycles. The third-order valence-corrected chi connectivity index (χ3v) is 7.27. The minimum atomic E-state index is -0.0476. The lowest BCUT2D eigenvalue weighted by atomic mass is 9.87. The van der Waals surface area contributed by atoms with E-state index in [0.717, 1.165) is 24.6 Å². The zero-order chi connectivity index (χ0) is 20.7. The second kappa shape index (κ2) is 12.0. The lowest BCUT2D eigenvalue weighted by Gasteiger charge is -2.45. The number of rotatable bonds is 5. The van der Waals surface area contributed by atoms with E-state index >= 15 is 0 Å². The minimum Gasteiger partial charge on any atom is -0.484 e. The van der Waals surface area contributed by atoms with Crippen molar-refractivity contribution in [3.8, 4) is 5.75 Å². The first-order valence-corrected chi connectivity index (χ1v) is 11.5. The van der Waals surface area contributed by atoms with Gasteiger partial charge in [0.2, 0.25) is 0 Å². The highest BCUT2D eigenvalue weighted by Crippen LogP contribution is 2.42. The molecule has 0 unspecified atom stereocenters. The molecule has 0 radical (unpaired) electrons. The van der Waals surface area contributed by atoms with Gasteiger partial charge in [-0.1, -0.05) is 31.4 Å². The Bertz CT molecular complexity index is 717. The van der Waals surface area contributed by atoms with Crippen LogP contribution in [0.5, 0.6) is 5.75 Å². The van der Waals surface area contributed by atoms with Crippen LogP contribution in [0.3, 0.4) is 0 Å². The van der Waals surface area contributed by atoms with Crippen molar-refractivity contribution in [2.45, 2.75) is 43.4 Å². The number of ether oxygens (including phenoxy) is 1. The van der Waals surface area contributed by atoms with Gasteiger partial charge in [0.15, 0.2) is 12.6 Å². The van der Waals surface area contributed by atoms with Crippen molar-refractivity contribution in [3.63, 3.8) is 0 Å². The predicted molar refractivity (Wildman–Crippen MR) is 136 cm³/mol. The van der Waals surface area contributed by atoms with Crippen LogP contribution in [0.2, 0.25) is 0 Å². The molecule has 1 aliphatic carbocycles. The number of likely N-dealkylation sites (N-methyl/N-ethyl adjacent to an activating group) is 1. The zero-order valence-corrected chi connectivity index (χ0v) is 21.5. The van der Waals surface area contributed by atoms with E-state index in [9.17, 15) is 4.79 Å². The van der Waals surface area contributed by atoms with Gasteiger partial charge in [0.05, 0.1) is 0 Å². The van der Waals surface area contributed by atoms with Crippen molar-refractivity contribution < 1.29 is 9.53 Å². The predicted octanol–water partition coefficient (Wildman–Crippen LogP) is 3.60. The Morgan fingerprint density at radius 1 is 1.30 bits per heavy atom. The summed E-state index contributed by atoms with van der Waals surface area (Å²) >= 11 is 2.17. The summed E-state index contributed by atoms with van der Waals surface area (Å²) in [6, 6.07) is 7.90. The molecule has 6 nitrogen and oxygen atoms in total. The average molecular weight is 547 g/mol. The topological polar surface area (TPSA) is 57.2 Å². The molecule has 3 rings (SSSR count). The summed E-state index contributed by atoms with van der Waals surface area (Å²) in [6.07, 6.45) is 6.76. The van der Waals surface area contributed by atoms with E-state index in [0.29, 0.717) is 17.0 Å². The van der Waals surface area contributed by atoms with E-state index in [1.165, 1.54) is 42.8 Å². The Kier molecular flexibility index (Phi) is 10.1. The number of thioether (sulfide) groups is 1.